The first-order chi connectivity index (χ1) is 5.11. The monoisotopic (exact) mass is 178 g/mol. The quantitative estimate of drug-likeness (QED) is 0.577. The molecule has 0 aromatic carbocycles. The molecular formula is C8H9ClF2. The standard InChI is InChI=1S/C8H9ClF2/c1-5-2-3-7(9)6(4-5)8(10)11/h4,8H,2-3H2,1H3. The molecule has 1 aliphatic carbocycles. The maximum atomic E-state index is 12.2. The smallest absolute Gasteiger partial charge is 0.205 e. The second-order valence-corrected chi connectivity index (χ2v) is 3.11. The summed E-state index contributed by atoms with van der Waals surface area (Å²) in [6.45, 7) is 1.84. The van der Waals surface area contributed by atoms with Gasteiger partial charge in [0.2, 0.25) is 0 Å². The number of halogens is 3. The van der Waals surface area contributed by atoms with Crippen molar-refractivity contribution >= 4 is 11.6 Å². The molecule has 0 atom stereocenters. The summed E-state index contributed by atoms with van der Waals surface area (Å²) in [6.07, 6.45) is 0.410. The van der Waals surface area contributed by atoms with E-state index in [9.17, 15) is 8.78 Å². The number of allylic oxidation sites excluding steroid dienone is 4. The van der Waals surface area contributed by atoms with Crippen LogP contribution in [0.1, 0.15) is 19.8 Å². The molecule has 0 heterocycles. The third kappa shape index (κ3) is 2.03. The van der Waals surface area contributed by atoms with Crippen molar-refractivity contribution in [1.29, 1.82) is 0 Å². The van der Waals surface area contributed by atoms with Crippen molar-refractivity contribution in [2.45, 2.75) is 26.2 Å². The van der Waals surface area contributed by atoms with Gasteiger partial charge in [0.15, 0.2) is 0 Å². The molecule has 0 aromatic rings. The average molecular weight is 179 g/mol. The predicted molar refractivity (Wildman–Crippen MR) is 41.9 cm³/mol. The summed E-state index contributed by atoms with van der Waals surface area (Å²) in [7, 11) is 0. The number of hydrogen-bond acceptors (Lipinski definition) is 0. The highest BCUT2D eigenvalue weighted by molar-refractivity contribution is 6.30. The van der Waals surface area contributed by atoms with Gasteiger partial charge in [0, 0.05) is 10.6 Å². The largest absolute Gasteiger partial charge is 0.264 e. The first-order valence-electron chi connectivity index (χ1n) is 3.45. The molecule has 0 aromatic heterocycles. The Hall–Kier alpha value is -0.370. The van der Waals surface area contributed by atoms with Crippen LogP contribution in [0.25, 0.3) is 0 Å². The van der Waals surface area contributed by atoms with Crippen LogP contribution in [-0.4, -0.2) is 6.43 Å². The molecule has 0 saturated carbocycles. The fourth-order valence-corrected chi connectivity index (χ4v) is 1.28. The highest BCUT2D eigenvalue weighted by Crippen LogP contribution is 2.29. The Morgan fingerprint density at radius 2 is 2.09 bits per heavy atom. The van der Waals surface area contributed by atoms with Crippen LogP contribution in [0.2, 0.25) is 0 Å². The summed E-state index contributed by atoms with van der Waals surface area (Å²) in [4.78, 5) is 0. The first kappa shape index (κ1) is 8.72. The van der Waals surface area contributed by atoms with Gasteiger partial charge in [0.05, 0.1) is 0 Å². The van der Waals surface area contributed by atoms with Crippen molar-refractivity contribution in [2.75, 3.05) is 0 Å². The van der Waals surface area contributed by atoms with Crippen LogP contribution in [0.3, 0.4) is 0 Å². The van der Waals surface area contributed by atoms with Crippen LogP contribution in [0.4, 0.5) is 8.78 Å². The van der Waals surface area contributed by atoms with E-state index in [1.165, 1.54) is 6.08 Å². The lowest BCUT2D eigenvalue weighted by Crippen LogP contribution is -2.01. The molecule has 0 N–H and O–H groups in total. The Labute approximate surface area is 69.5 Å². The normalized spacial score (nSPS) is 19.2. The molecular weight excluding hydrogens is 170 g/mol. The van der Waals surface area contributed by atoms with Crippen molar-refractivity contribution in [1.82, 2.24) is 0 Å². The van der Waals surface area contributed by atoms with Crippen molar-refractivity contribution in [2.24, 2.45) is 0 Å². The Morgan fingerprint density at radius 3 is 2.55 bits per heavy atom. The molecule has 0 spiro atoms. The molecule has 1 rings (SSSR count). The highest BCUT2D eigenvalue weighted by Gasteiger charge is 2.16. The Kier molecular flexibility index (Phi) is 2.66. The highest BCUT2D eigenvalue weighted by atomic mass is 35.5. The fourth-order valence-electron chi connectivity index (χ4n) is 1.05. The molecule has 0 unspecified atom stereocenters. The lowest BCUT2D eigenvalue weighted by atomic mass is 10.0. The summed E-state index contributed by atoms with van der Waals surface area (Å²) < 4.78 is 24.3. The van der Waals surface area contributed by atoms with Gasteiger partial charge in [-0.1, -0.05) is 23.3 Å². The molecule has 0 bridgehead atoms. The van der Waals surface area contributed by atoms with Gasteiger partial charge >= 0.3 is 0 Å². The van der Waals surface area contributed by atoms with Crippen LogP contribution in [-0.2, 0) is 0 Å². The summed E-state index contributed by atoms with van der Waals surface area (Å²) in [5.41, 5.74) is 0.972. The molecule has 62 valence electrons. The molecule has 0 amide bonds. The van der Waals surface area contributed by atoms with Gasteiger partial charge in [-0.2, -0.15) is 0 Å². The molecule has 3 heteroatoms. The van der Waals surface area contributed by atoms with E-state index >= 15 is 0 Å². The lowest BCUT2D eigenvalue weighted by molar-refractivity contribution is 0.192. The van der Waals surface area contributed by atoms with Gasteiger partial charge in [-0.25, -0.2) is 8.78 Å². The molecule has 0 nitrogen and oxygen atoms in total. The Morgan fingerprint density at radius 1 is 1.45 bits per heavy atom. The minimum absolute atomic E-state index is 0.00424. The van der Waals surface area contributed by atoms with Crippen LogP contribution < -0.4 is 0 Å². The zero-order chi connectivity index (χ0) is 8.43. The molecule has 1 aliphatic rings. The molecule has 0 fully saturated rings. The van der Waals surface area contributed by atoms with Crippen molar-refractivity contribution in [3.63, 3.8) is 0 Å². The van der Waals surface area contributed by atoms with E-state index in [0.29, 0.717) is 11.5 Å². The van der Waals surface area contributed by atoms with E-state index in [1.54, 1.807) is 0 Å². The third-order valence-corrected chi connectivity index (χ3v) is 2.10. The van der Waals surface area contributed by atoms with Crippen molar-refractivity contribution in [3.8, 4) is 0 Å². The zero-order valence-corrected chi connectivity index (χ0v) is 6.96. The summed E-state index contributed by atoms with van der Waals surface area (Å²) >= 11 is 5.60. The molecule has 11 heavy (non-hydrogen) atoms. The summed E-state index contributed by atoms with van der Waals surface area (Å²) in [6, 6.07) is 0. The van der Waals surface area contributed by atoms with Gasteiger partial charge in [0.1, 0.15) is 0 Å². The minimum Gasteiger partial charge on any atom is -0.205 e. The van der Waals surface area contributed by atoms with Gasteiger partial charge in [-0.05, 0) is 19.8 Å². The maximum Gasteiger partial charge on any atom is 0.264 e. The van der Waals surface area contributed by atoms with Gasteiger partial charge in [0.25, 0.3) is 6.43 Å². The first-order valence-corrected chi connectivity index (χ1v) is 3.83. The number of alkyl halides is 2. The van der Waals surface area contributed by atoms with E-state index in [0.717, 1.165) is 12.0 Å². The van der Waals surface area contributed by atoms with E-state index in [1.807, 2.05) is 6.92 Å². The van der Waals surface area contributed by atoms with Crippen LogP contribution in [0.15, 0.2) is 22.3 Å². The van der Waals surface area contributed by atoms with Crippen molar-refractivity contribution < 1.29 is 8.78 Å². The average Bonchev–Trinajstić information content (AvgIpc) is 1.94. The number of rotatable bonds is 1. The van der Waals surface area contributed by atoms with E-state index in [2.05, 4.69) is 0 Å². The molecule has 0 radical (unpaired) electrons. The predicted octanol–water partition coefficient (Wildman–Crippen LogP) is 3.48. The SMILES string of the molecule is CC1=CC(C(F)F)=C(Cl)CC1. The van der Waals surface area contributed by atoms with E-state index < -0.39 is 6.43 Å². The van der Waals surface area contributed by atoms with Crippen molar-refractivity contribution in [3.05, 3.63) is 22.3 Å². The summed E-state index contributed by atoms with van der Waals surface area (Å²) in [5, 5.41) is 0.311. The topological polar surface area (TPSA) is 0 Å². The Bertz CT molecular complexity index is 216. The number of hydrogen-bond donors (Lipinski definition) is 0. The second-order valence-electron chi connectivity index (χ2n) is 2.65. The fraction of sp³-hybridized carbons (Fsp3) is 0.500. The van der Waals surface area contributed by atoms with E-state index in [4.69, 9.17) is 11.6 Å². The minimum atomic E-state index is -2.43. The van der Waals surface area contributed by atoms with Gasteiger partial charge in [-0.3, -0.25) is 0 Å². The lowest BCUT2D eigenvalue weighted by Gasteiger charge is -2.12. The maximum absolute atomic E-state index is 12.2. The van der Waals surface area contributed by atoms with Gasteiger partial charge in [-0.15, -0.1) is 0 Å². The zero-order valence-electron chi connectivity index (χ0n) is 6.20. The summed E-state index contributed by atoms with van der Waals surface area (Å²) in [5.74, 6) is 0. The van der Waals surface area contributed by atoms with Gasteiger partial charge < -0.3 is 0 Å². The van der Waals surface area contributed by atoms with Crippen LogP contribution in [0.5, 0.6) is 0 Å². The molecule has 0 saturated heterocycles. The Balaban J connectivity index is 2.89. The molecule has 0 aliphatic heterocycles. The van der Waals surface area contributed by atoms with Crippen LogP contribution >= 0.6 is 11.6 Å². The van der Waals surface area contributed by atoms with Crippen LogP contribution in [0, 0.1) is 0 Å². The van der Waals surface area contributed by atoms with E-state index in [-0.39, 0.29) is 5.57 Å². The second kappa shape index (κ2) is 3.35. The third-order valence-electron chi connectivity index (χ3n) is 1.69.